The number of carbonyl (C=O) groups is 1. The van der Waals surface area contributed by atoms with Crippen LogP contribution in [0.25, 0.3) is 22.5 Å². The van der Waals surface area contributed by atoms with E-state index in [0.717, 1.165) is 29.4 Å². The van der Waals surface area contributed by atoms with Gasteiger partial charge in [0.2, 0.25) is 0 Å². The van der Waals surface area contributed by atoms with E-state index in [-0.39, 0.29) is 11.2 Å². The molecule has 0 saturated heterocycles. The van der Waals surface area contributed by atoms with Gasteiger partial charge in [-0.1, -0.05) is 43.7 Å². The number of nitrogens with two attached hydrogens (primary N) is 1. The molecule has 0 aliphatic heterocycles. The lowest BCUT2D eigenvalue weighted by Gasteiger charge is -2.15. The van der Waals surface area contributed by atoms with Crippen molar-refractivity contribution in [2.45, 2.75) is 33.1 Å². The van der Waals surface area contributed by atoms with Crippen molar-refractivity contribution in [3.63, 3.8) is 0 Å². The highest BCUT2D eigenvalue weighted by Crippen LogP contribution is 2.33. The van der Waals surface area contributed by atoms with Gasteiger partial charge in [-0.25, -0.2) is 4.98 Å². The maximum absolute atomic E-state index is 12.8. The number of nitrogens with one attached hydrogen (secondary N) is 3. The second kappa shape index (κ2) is 13.1. The fraction of sp³-hybridized carbons (Fsp3) is 0.308. The van der Waals surface area contributed by atoms with E-state index in [4.69, 9.17) is 10.1 Å². The molecule has 1 aromatic heterocycles. The highest BCUT2D eigenvalue weighted by Gasteiger charge is 2.18. The molecule has 3 aromatic rings. The lowest BCUT2D eigenvalue weighted by molar-refractivity contribution is -0.107. The number of ether oxygens (including phenoxy) is 1. The minimum Gasteiger partial charge on any atom is -0.493 e. The number of aldehydes is 1. The Balaban J connectivity index is 0.00000199. The maximum atomic E-state index is 12.8. The van der Waals surface area contributed by atoms with E-state index in [0.29, 0.717) is 48.0 Å². The molecule has 3 rings (SSSR count). The first-order chi connectivity index (χ1) is 16.5. The van der Waals surface area contributed by atoms with Crippen LogP contribution in [0.4, 0.5) is 5.69 Å². The summed E-state index contributed by atoms with van der Waals surface area (Å²) in [5.41, 5.74) is 8.59. The Labute approximate surface area is 200 Å². The van der Waals surface area contributed by atoms with Gasteiger partial charge < -0.3 is 31.0 Å². The summed E-state index contributed by atoms with van der Waals surface area (Å²) in [6.45, 7) is 4.34. The van der Waals surface area contributed by atoms with E-state index in [9.17, 15) is 9.59 Å². The van der Waals surface area contributed by atoms with Crippen molar-refractivity contribution in [3.05, 3.63) is 64.1 Å². The number of anilines is 1. The van der Waals surface area contributed by atoms with E-state index in [1.54, 1.807) is 7.05 Å². The topological polar surface area (TPSA) is 134 Å². The van der Waals surface area contributed by atoms with Crippen LogP contribution >= 0.6 is 0 Å². The Morgan fingerprint density at radius 2 is 1.82 bits per heavy atom. The molecule has 2 aromatic carbocycles. The van der Waals surface area contributed by atoms with Gasteiger partial charge in [-0.15, -0.1) is 0 Å². The van der Waals surface area contributed by atoms with Crippen LogP contribution in [0.3, 0.4) is 0 Å². The van der Waals surface area contributed by atoms with Crippen molar-refractivity contribution in [1.82, 2.24) is 9.97 Å². The Hall–Kier alpha value is -3.78. The van der Waals surface area contributed by atoms with Gasteiger partial charge >= 0.3 is 0 Å². The Bertz CT molecular complexity index is 1170. The zero-order valence-corrected chi connectivity index (χ0v) is 20.2. The summed E-state index contributed by atoms with van der Waals surface area (Å²) in [5.74, 6) is 0.954. The zero-order valence-electron chi connectivity index (χ0n) is 20.2. The second-order valence-corrected chi connectivity index (χ2v) is 7.33. The fourth-order valence-corrected chi connectivity index (χ4v) is 3.52. The number of hydrogen-bond acceptors (Lipinski definition) is 7. The van der Waals surface area contributed by atoms with Gasteiger partial charge in [-0.05, 0) is 49.2 Å². The molecule has 0 aliphatic carbocycles. The van der Waals surface area contributed by atoms with Gasteiger partial charge in [0, 0.05) is 13.5 Å². The second-order valence-electron chi connectivity index (χ2n) is 7.33. The molecule has 1 heterocycles. The molecular formula is C26H33N5O3. The summed E-state index contributed by atoms with van der Waals surface area (Å²) in [6, 6.07) is 13.5. The van der Waals surface area contributed by atoms with E-state index in [1.165, 1.54) is 7.05 Å². The molecule has 8 heteroatoms. The number of rotatable bonds is 10. The normalized spacial score (nSPS) is 10.1. The van der Waals surface area contributed by atoms with Gasteiger partial charge in [-0.3, -0.25) is 4.79 Å². The molecule has 8 nitrogen and oxygen atoms in total. The third kappa shape index (κ3) is 6.17. The first-order valence-corrected chi connectivity index (χ1v) is 11.3. The van der Waals surface area contributed by atoms with Crippen molar-refractivity contribution in [1.29, 1.82) is 5.41 Å². The van der Waals surface area contributed by atoms with Crippen molar-refractivity contribution >= 4 is 17.7 Å². The summed E-state index contributed by atoms with van der Waals surface area (Å²) < 4.78 is 5.81. The molecule has 180 valence electrons. The summed E-state index contributed by atoms with van der Waals surface area (Å²) in [7, 11) is 3.15. The Morgan fingerprint density at radius 3 is 2.41 bits per heavy atom. The molecule has 0 saturated carbocycles. The standard InChI is InChI=1S/C25H28N4O3.CH5N/c1-4-6-20(26)22-23(27-3)25(31)29-24(28-22)19-15-18(11-12-21(19)32-5-2)17-9-7-16(8-10-17)13-14-30;1-2/h7-12,14-15,26-27H,4-6,13H2,1-3H3,(H,28,29,31);2H2,1H3. The molecule has 34 heavy (non-hydrogen) atoms. The number of nitrogens with zero attached hydrogens (tertiary/aromatic N) is 1. The summed E-state index contributed by atoms with van der Waals surface area (Å²) >= 11 is 0. The molecular weight excluding hydrogens is 430 g/mol. The average Bonchev–Trinajstić information content (AvgIpc) is 2.86. The van der Waals surface area contributed by atoms with Crippen molar-refractivity contribution in [2.75, 3.05) is 26.0 Å². The predicted molar refractivity (Wildman–Crippen MR) is 138 cm³/mol. The molecule has 0 bridgehead atoms. The highest BCUT2D eigenvalue weighted by atomic mass is 16.5. The number of hydrogen-bond donors (Lipinski definition) is 4. The number of aromatic nitrogens is 2. The van der Waals surface area contributed by atoms with Crippen LogP contribution < -0.4 is 21.3 Å². The van der Waals surface area contributed by atoms with Gasteiger partial charge in [0.25, 0.3) is 5.56 Å². The molecule has 0 spiro atoms. The molecule has 0 amide bonds. The summed E-state index contributed by atoms with van der Waals surface area (Å²) in [4.78, 5) is 31.0. The van der Waals surface area contributed by atoms with E-state index < -0.39 is 0 Å². The average molecular weight is 464 g/mol. The minimum atomic E-state index is -0.334. The first kappa shape index (κ1) is 26.5. The fourth-order valence-electron chi connectivity index (χ4n) is 3.52. The summed E-state index contributed by atoms with van der Waals surface area (Å²) in [6.07, 6.45) is 2.57. The molecule has 0 aliphatic rings. The smallest absolute Gasteiger partial charge is 0.275 e. The largest absolute Gasteiger partial charge is 0.493 e. The quantitative estimate of drug-likeness (QED) is 0.265. The van der Waals surface area contributed by atoms with Gasteiger partial charge in [-0.2, -0.15) is 0 Å². The molecule has 0 unspecified atom stereocenters. The van der Waals surface area contributed by atoms with Crippen molar-refractivity contribution in [2.24, 2.45) is 5.73 Å². The van der Waals surface area contributed by atoms with Crippen LogP contribution in [-0.4, -0.2) is 42.7 Å². The van der Waals surface area contributed by atoms with Crippen LogP contribution in [0, 0.1) is 5.41 Å². The lowest BCUT2D eigenvalue weighted by Crippen LogP contribution is -2.20. The van der Waals surface area contributed by atoms with Gasteiger partial charge in [0.05, 0.1) is 17.9 Å². The predicted octanol–water partition coefficient (Wildman–Crippen LogP) is 4.03. The molecule has 0 fully saturated rings. The van der Waals surface area contributed by atoms with Crippen LogP contribution in [-0.2, 0) is 11.2 Å². The lowest BCUT2D eigenvalue weighted by atomic mass is 10.00. The van der Waals surface area contributed by atoms with E-state index >= 15 is 0 Å². The Kier molecular flexibility index (Phi) is 10.2. The number of benzene rings is 2. The van der Waals surface area contributed by atoms with E-state index in [2.05, 4.69) is 21.0 Å². The summed E-state index contributed by atoms with van der Waals surface area (Å²) in [5, 5.41) is 11.3. The number of carbonyl (C=O) groups excluding carboxylic acids is 1. The molecule has 0 radical (unpaired) electrons. The van der Waals surface area contributed by atoms with Gasteiger partial charge in [0.15, 0.2) is 0 Å². The molecule has 0 atom stereocenters. The molecule has 5 N–H and O–H groups in total. The monoisotopic (exact) mass is 463 g/mol. The first-order valence-electron chi connectivity index (χ1n) is 11.3. The van der Waals surface area contributed by atoms with E-state index in [1.807, 2.05) is 56.3 Å². The SMILES string of the molecule is CCCC(=N)c1nc(-c2cc(-c3ccc(CC=O)cc3)ccc2OCC)[nH]c(=O)c1NC.CN. The van der Waals surface area contributed by atoms with Crippen LogP contribution in [0.1, 0.15) is 37.9 Å². The van der Waals surface area contributed by atoms with Crippen LogP contribution in [0.5, 0.6) is 5.75 Å². The highest BCUT2D eigenvalue weighted by molar-refractivity contribution is 6.01. The third-order valence-electron chi connectivity index (χ3n) is 5.10. The van der Waals surface area contributed by atoms with Crippen LogP contribution in [0.2, 0.25) is 0 Å². The van der Waals surface area contributed by atoms with Crippen LogP contribution in [0.15, 0.2) is 47.3 Å². The minimum absolute atomic E-state index is 0.284. The van der Waals surface area contributed by atoms with Gasteiger partial charge in [0.1, 0.15) is 29.2 Å². The number of H-pyrrole nitrogens is 1. The van der Waals surface area contributed by atoms with Crippen molar-refractivity contribution in [3.8, 4) is 28.3 Å². The Morgan fingerprint density at radius 1 is 1.15 bits per heavy atom. The third-order valence-corrected chi connectivity index (χ3v) is 5.10. The zero-order chi connectivity index (χ0) is 25.1. The number of aromatic amines is 1. The van der Waals surface area contributed by atoms with Crippen molar-refractivity contribution < 1.29 is 9.53 Å². The maximum Gasteiger partial charge on any atom is 0.275 e.